The molecule has 0 saturated heterocycles. The Morgan fingerprint density at radius 3 is 2.44 bits per heavy atom. The molecule has 172 valence electrons. The number of nitrogens with one attached hydrogen (secondary N) is 1. The molecule has 0 atom stereocenters. The Kier molecular flexibility index (Phi) is 7.17. The number of imidazole rings is 1. The van der Waals surface area contributed by atoms with Crippen molar-refractivity contribution in [2.75, 3.05) is 11.9 Å². The third-order valence-electron chi connectivity index (χ3n) is 5.39. The van der Waals surface area contributed by atoms with E-state index < -0.39 is 11.2 Å². The lowest BCUT2D eigenvalue weighted by atomic mass is 10.0. The molecule has 3 aromatic rings. The molecule has 0 radical (unpaired) electrons. The van der Waals surface area contributed by atoms with Crippen LogP contribution >= 0.6 is 0 Å². The largest absolute Gasteiger partial charge is 0.465 e. The van der Waals surface area contributed by atoms with Crippen molar-refractivity contribution in [2.45, 2.75) is 52.5 Å². The predicted molar refractivity (Wildman–Crippen MR) is 124 cm³/mol. The second-order valence-corrected chi connectivity index (χ2v) is 8.20. The summed E-state index contributed by atoms with van der Waals surface area (Å²) in [5, 5.41) is 2.90. The zero-order valence-electron chi connectivity index (χ0n) is 19.3. The van der Waals surface area contributed by atoms with E-state index in [0.717, 1.165) is 16.7 Å². The summed E-state index contributed by atoms with van der Waals surface area (Å²) in [7, 11) is 3.01. The molecule has 0 aliphatic rings. The van der Waals surface area contributed by atoms with E-state index in [1.54, 1.807) is 11.6 Å². The van der Waals surface area contributed by atoms with Crippen LogP contribution in [-0.2, 0) is 25.4 Å². The standard InChI is InChI=1S/C23H31N5O4/c1-6-14-32-22-25-20-19(21(30)27(5)23(31)26(20)4)28(22)13-7-8-18(29)24-17-11-9-16(10-12-17)15(2)3/h9-12,15H,6-8,13-14H2,1-5H3,(H,24,29). The highest BCUT2D eigenvalue weighted by Gasteiger charge is 2.20. The van der Waals surface area contributed by atoms with Crippen molar-refractivity contribution < 1.29 is 9.53 Å². The van der Waals surface area contributed by atoms with Crippen molar-refractivity contribution in [3.8, 4) is 6.01 Å². The zero-order chi connectivity index (χ0) is 23.4. The van der Waals surface area contributed by atoms with Gasteiger partial charge in [-0.3, -0.25) is 23.3 Å². The van der Waals surface area contributed by atoms with E-state index in [2.05, 4.69) is 24.1 Å². The average Bonchev–Trinajstić information content (AvgIpc) is 3.13. The van der Waals surface area contributed by atoms with Gasteiger partial charge in [-0.2, -0.15) is 4.98 Å². The van der Waals surface area contributed by atoms with Crippen LogP contribution in [0.4, 0.5) is 5.69 Å². The molecule has 0 saturated carbocycles. The Hall–Kier alpha value is -3.36. The molecule has 0 aliphatic carbocycles. The van der Waals surface area contributed by atoms with Gasteiger partial charge >= 0.3 is 5.69 Å². The summed E-state index contributed by atoms with van der Waals surface area (Å²) < 4.78 is 9.78. The van der Waals surface area contributed by atoms with Gasteiger partial charge in [-0.1, -0.05) is 32.9 Å². The van der Waals surface area contributed by atoms with Crippen LogP contribution in [0, 0.1) is 0 Å². The summed E-state index contributed by atoms with van der Waals surface area (Å²) in [6.07, 6.45) is 1.53. The molecule has 1 aromatic carbocycles. The Balaban J connectivity index is 1.76. The molecule has 0 spiro atoms. The fraction of sp³-hybridized carbons (Fsp3) is 0.478. The third-order valence-corrected chi connectivity index (χ3v) is 5.39. The zero-order valence-corrected chi connectivity index (χ0v) is 19.3. The lowest BCUT2D eigenvalue weighted by Crippen LogP contribution is -2.37. The number of anilines is 1. The first-order chi connectivity index (χ1) is 15.2. The molecule has 9 nitrogen and oxygen atoms in total. The van der Waals surface area contributed by atoms with Gasteiger partial charge in [0, 0.05) is 32.7 Å². The average molecular weight is 442 g/mol. The van der Waals surface area contributed by atoms with E-state index in [9.17, 15) is 14.4 Å². The number of aromatic nitrogens is 4. The van der Waals surface area contributed by atoms with Gasteiger partial charge in [0.15, 0.2) is 11.2 Å². The highest BCUT2D eigenvalue weighted by Crippen LogP contribution is 2.20. The first kappa shape index (κ1) is 23.3. The van der Waals surface area contributed by atoms with E-state index in [1.165, 1.54) is 17.2 Å². The van der Waals surface area contributed by atoms with Crippen molar-refractivity contribution in [1.82, 2.24) is 18.7 Å². The van der Waals surface area contributed by atoms with Crippen molar-refractivity contribution >= 4 is 22.8 Å². The summed E-state index contributed by atoms with van der Waals surface area (Å²) in [6.45, 7) is 7.01. The van der Waals surface area contributed by atoms with E-state index in [4.69, 9.17) is 4.74 Å². The molecule has 0 bridgehead atoms. The minimum Gasteiger partial charge on any atom is -0.465 e. The van der Waals surface area contributed by atoms with Crippen LogP contribution in [0.5, 0.6) is 6.01 Å². The van der Waals surface area contributed by atoms with Gasteiger partial charge in [0.05, 0.1) is 6.61 Å². The smallest absolute Gasteiger partial charge is 0.332 e. The summed E-state index contributed by atoms with van der Waals surface area (Å²) in [6, 6.07) is 8.10. The molecule has 2 heterocycles. The molecule has 0 unspecified atom stereocenters. The molecular formula is C23H31N5O4. The molecule has 32 heavy (non-hydrogen) atoms. The Morgan fingerprint density at radius 2 is 1.81 bits per heavy atom. The maximum atomic E-state index is 12.8. The molecule has 3 rings (SSSR count). The maximum absolute atomic E-state index is 12.8. The summed E-state index contributed by atoms with van der Waals surface area (Å²) in [4.78, 5) is 41.8. The second kappa shape index (κ2) is 9.84. The van der Waals surface area contributed by atoms with E-state index in [0.29, 0.717) is 31.0 Å². The molecule has 0 aliphatic heterocycles. The number of hydrogen-bond acceptors (Lipinski definition) is 5. The van der Waals surface area contributed by atoms with Crippen molar-refractivity contribution in [3.63, 3.8) is 0 Å². The van der Waals surface area contributed by atoms with Crippen molar-refractivity contribution in [3.05, 3.63) is 50.7 Å². The van der Waals surface area contributed by atoms with Gasteiger partial charge in [0.25, 0.3) is 11.6 Å². The number of benzene rings is 1. The van der Waals surface area contributed by atoms with Gasteiger partial charge in [-0.05, 0) is 36.5 Å². The molecule has 2 aromatic heterocycles. The topological polar surface area (TPSA) is 100 Å². The first-order valence-electron chi connectivity index (χ1n) is 10.9. The number of nitrogens with zero attached hydrogens (tertiary/aromatic N) is 4. The normalized spacial score (nSPS) is 11.3. The monoisotopic (exact) mass is 441 g/mol. The highest BCUT2D eigenvalue weighted by molar-refractivity contribution is 5.90. The van der Waals surface area contributed by atoms with Crippen molar-refractivity contribution in [1.29, 1.82) is 0 Å². The number of hydrogen-bond donors (Lipinski definition) is 1. The molecule has 1 N–H and O–H groups in total. The van der Waals surface area contributed by atoms with Crippen LogP contribution in [0.3, 0.4) is 0 Å². The first-order valence-corrected chi connectivity index (χ1v) is 10.9. The predicted octanol–water partition coefficient (Wildman–Crippen LogP) is 2.76. The van der Waals surface area contributed by atoms with Gasteiger partial charge in [0.1, 0.15) is 0 Å². The van der Waals surface area contributed by atoms with E-state index in [1.807, 2.05) is 31.2 Å². The molecule has 1 amide bonds. The van der Waals surface area contributed by atoms with E-state index in [-0.39, 0.29) is 24.0 Å². The summed E-state index contributed by atoms with van der Waals surface area (Å²) in [5.41, 5.74) is 1.66. The fourth-order valence-corrected chi connectivity index (χ4v) is 3.51. The lowest BCUT2D eigenvalue weighted by Gasteiger charge is -2.11. The van der Waals surface area contributed by atoms with Gasteiger partial charge < -0.3 is 10.1 Å². The van der Waals surface area contributed by atoms with Crippen LogP contribution in [0.2, 0.25) is 0 Å². The van der Waals surface area contributed by atoms with E-state index >= 15 is 0 Å². The number of fused-ring (bicyclic) bond motifs is 1. The SMILES string of the molecule is CCCOc1nc2c(c(=O)n(C)c(=O)n2C)n1CCCC(=O)Nc1ccc(C(C)C)cc1. The minimum absolute atomic E-state index is 0.108. The number of amides is 1. The number of rotatable bonds is 9. The number of aryl methyl sites for hydroxylation is 2. The van der Waals surface area contributed by atoms with Gasteiger partial charge in [-0.15, -0.1) is 0 Å². The number of carbonyl (C=O) groups excluding carboxylic acids is 1. The van der Waals surface area contributed by atoms with Crippen LogP contribution in [0.15, 0.2) is 33.9 Å². The molecule has 9 heteroatoms. The highest BCUT2D eigenvalue weighted by atomic mass is 16.5. The van der Waals surface area contributed by atoms with Crippen LogP contribution < -0.4 is 21.3 Å². The van der Waals surface area contributed by atoms with Gasteiger partial charge in [-0.25, -0.2) is 4.79 Å². The quantitative estimate of drug-likeness (QED) is 0.550. The van der Waals surface area contributed by atoms with Gasteiger partial charge in [0.2, 0.25) is 5.91 Å². The third kappa shape index (κ3) is 4.76. The number of ether oxygens (including phenoxy) is 1. The van der Waals surface area contributed by atoms with Crippen LogP contribution in [-0.4, -0.2) is 31.2 Å². The molecule has 0 fully saturated rings. The Morgan fingerprint density at radius 1 is 1.12 bits per heavy atom. The number of carbonyl (C=O) groups is 1. The second-order valence-electron chi connectivity index (χ2n) is 8.20. The minimum atomic E-state index is -0.447. The van der Waals surface area contributed by atoms with Crippen molar-refractivity contribution in [2.24, 2.45) is 14.1 Å². The van der Waals surface area contributed by atoms with Crippen LogP contribution in [0.25, 0.3) is 11.2 Å². The summed E-state index contributed by atoms with van der Waals surface area (Å²) in [5.74, 6) is 0.323. The Labute approximate surface area is 186 Å². The Bertz CT molecular complexity index is 1220. The lowest BCUT2D eigenvalue weighted by molar-refractivity contribution is -0.116. The van der Waals surface area contributed by atoms with Crippen LogP contribution in [0.1, 0.15) is 51.5 Å². The summed E-state index contributed by atoms with van der Waals surface area (Å²) >= 11 is 0. The molecular weight excluding hydrogens is 410 g/mol. The maximum Gasteiger partial charge on any atom is 0.332 e. The fourth-order valence-electron chi connectivity index (χ4n) is 3.51.